The number of primary amides is 1. The fraction of sp³-hybridized carbons (Fsp3) is 0.458. The molecule has 1 aliphatic carbocycles. The first-order valence-corrected chi connectivity index (χ1v) is 16.9. The first kappa shape index (κ1) is 28.0. The summed E-state index contributed by atoms with van der Waals surface area (Å²) in [5.41, 5.74) is 8.22. The van der Waals surface area contributed by atoms with E-state index in [1.807, 2.05) is 0 Å². The van der Waals surface area contributed by atoms with Crippen molar-refractivity contribution in [2.75, 3.05) is 19.8 Å². The molecule has 0 aromatic carbocycles. The number of amides is 1. The molecule has 4 aromatic heterocycles. The van der Waals surface area contributed by atoms with Crippen LogP contribution in [0.15, 0.2) is 43.4 Å². The maximum absolute atomic E-state index is 12.8. The minimum atomic E-state index is -3.70. The summed E-state index contributed by atoms with van der Waals surface area (Å²) < 4.78 is 45.4. The third-order valence-corrected chi connectivity index (χ3v) is 10.3. The molecule has 8 atom stereocenters. The van der Waals surface area contributed by atoms with E-state index in [0.29, 0.717) is 23.2 Å². The van der Waals surface area contributed by atoms with Gasteiger partial charge >= 0.3 is 15.0 Å². The molecule has 42 heavy (non-hydrogen) atoms. The first-order chi connectivity index (χ1) is 20.3. The molecule has 2 unspecified atom stereocenters. The number of hydrogen-bond donors (Lipinski definition) is 2. The van der Waals surface area contributed by atoms with Crippen LogP contribution in [0, 0.1) is 11.8 Å². The van der Waals surface area contributed by atoms with Gasteiger partial charge in [0.2, 0.25) is 0 Å². The van der Waals surface area contributed by atoms with Crippen LogP contribution in [0.2, 0.25) is 0 Å². The average molecular weight is 635 g/mol. The summed E-state index contributed by atoms with van der Waals surface area (Å²) in [6.45, 7) is -3.62. The van der Waals surface area contributed by atoms with Crippen molar-refractivity contribution >= 4 is 49.5 Å². The highest BCUT2D eigenvalue weighted by atomic mass is 32.5. The Morgan fingerprint density at radius 3 is 2.79 bits per heavy atom. The van der Waals surface area contributed by atoms with E-state index in [1.54, 1.807) is 46.1 Å². The van der Waals surface area contributed by atoms with Crippen molar-refractivity contribution in [1.82, 2.24) is 28.9 Å². The predicted molar refractivity (Wildman–Crippen MR) is 149 cm³/mol. The number of nitrogens with zero attached hydrogens (tertiary/aromatic N) is 6. The van der Waals surface area contributed by atoms with E-state index in [9.17, 15) is 14.3 Å². The summed E-state index contributed by atoms with van der Waals surface area (Å²) in [4.78, 5) is 39.9. The van der Waals surface area contributed by atoms with Gasteiger partial charge in [0.05, 0.1) is 12.9 Å². The van der Waals surface area contributed by atoms with Gasteiger partial charge in [0.15, 0.2) is 16.8 Å². The van der Waals surface area contributed by atoms with Crippen LogP contribution in [0.1, 0.15) is 41.0 Å². The van der Waals surface area contributed by atoms with Crippen molar-refractivity contribution in [3.63, 3.8) is 0 Å². The lowest BCUT2D eigenvalue weighted by atomic mass is 9.63. The molecule has 0 bridgehead atoms. The fourth-order valence-electron chi connectivity index (χ4n) is 5.85. The lowest BCUT2D eigenvalue weighted by Crippen LogP contribution is -2.40. The quantitative estimate of drug-likeness (QED) is 0.313. The minimum absolute atomic E-state index is 0.0315. The molecule has 2 aliphatic heterocycles. The van der Waals surface area contributed by atoms with Gasteiger partial charge in [-0.2, -0.15) is 0 Å². The summed E-state index contributed by atoms with van der Waals surface area (Å²) in [7, 11) is -2.49. The largest absolute Gasteiger partial charge is 0.697 e. The van der Waals surface area contributed by atoms with E-state index in [0.717, 1.165) is 5.56 Å². The van der Waals surface area contributed by atoms with Crippen molar-refractivity contribution in [1.29, 1.82) is 0 Å². The van der Waals surface area contributed by atoms with Crippen molar-refractivity contribution < 1.29 is 37.1 Å². The average Bonchev–Trinajstić information content (AvgIpc) is 3.68. The van der Waals surface area contributed by atoms with Crippen LogP contribution in [-0.2, 0) is 39.2 Å². The monoisotopic (exact) mass is 634 g/mol. The lowest BCUT2D eigenvalue weighted by Gasteiger charge is -2.44. The number of carbonyl (C=O) groups excluding carboxylic acids is 1. The van der Waals surface area contributed by atoms with Gasteiger partial charge in [0.25, 0.3) is 5.91 Å². The zero-order valence-electron chi connectivity index (χ0n) is 21.9. The first-order valence-electron chi connectivity index (χ1n) is 13.2. The number of ether oxygens (including phenoxy) is 1. The molecule has 2 saturated heterocycles. The highest BCUT2D eigenvalue weighted by Gasteiger charge is 2.47. The number of hydrogen-bond acceptors (Lipinski definition) is 12. The van der Waals surface area contributed by atoms with Crippen LogP contribution < -0.4 is 5.73 Å². The normalized spacial score (nSPS) is 33.2. The molecule has 3 aliphatic rings. The van der Waals surface area contributed by atoms with Crippen molar-refractivity contribution in [3.05, 3.63) is 54.6 Å². The second-order valence-corrected chi connectivity index (χ2v) is 14.2. The summed E-state index contributed by atoms with van der Waals surface area (Å²) >= 11 is 5.38. The molecule has 220 valence electrons. The van der Waals surface area contributed by atoms with E-state index in [4.69, 9.17) is 40.4 Å². The molecule has 6 heterocycles. The maximum atomic E-state index is 12.8. The highest BCUT2D eigenvalue weighted by molar-refractivity contribution is 8.07. The lowest BCUT2D eigenvalue weighted by molar-refractivity contribution is -0.0371. The molecule has 3 fully saturated rings. The van der Waals surface area contributed by atoms with Gasteiger partial charge < -0.3 is 24.4 Å². The van der Waals surface area contributed by atoms with Gasteiger partial charge in [-0.05, 0) is 53.7 Å². The number of nitrogens with two attached hydrogens (primary N) is 1. The molecule has 7 rings (SSSR count). The van der Waals surface area contributed by atoms with Crippen LogP contribution in [0.25, 0.3) is 16.8 Å². The van der Waals surface area contributed by atoms with Crippen LogP contribution in [0.3, 0.4) is 0 Å². The van der Waals surface area contributed by atoms with Crippen LogP contribution in [0.4, 0.5) is 0 Å². The van der Waals surface area contributed by atoms with Gasteiger partial charge in [-0.3, -0.25) is 18.7 Å². The van der Waals surface area contributed by atoms with E-state index < -0.39 is 39.3 Å². The fourth-order valence-corrected chi connectivity index (χ4v) is 8.00. The molecule has 0 spiro atoms. The molecule has 4 aromatic rings. The number of aromatic nitrogens is 6. The Morgan fingerprint density at radius 2 is 1.93 bits per heavy atom. The Balaban J connectivity index is 1.09. The molecule has 18 heteroatoms. The number of imidazole rings is 2. The summed E-state index contributed by atoms with van der Waals surface area (Å²) in [5.74, 6) is -0.875. The van der Waals surface area contributed by atoms with Gasteiger partial charge in [0.1, 0.15) is 43.7 Å². The van der Waals surface area contributed by atoms with Gasteiger partial charge in [-0.25, -0.2) is 15.0 Å². The third kappa shape index (κ3) is 5.27. The van der Waals surface area contributed by atoms with Crippen molar-refractivity contribution in [3.8, 4) is 0 Å². The zero-order valence-corrected chi connectivity index (χ0v) is 24.5. The summed E-state index contributed by atoms with van der Waals surface area (Å²) in [6.07, 6.45) is 7.10. The van der Waals surface area contributed by atoms with Crippen molar-refractivity contribution in [2.24, 2.45) is 17.6 Å². The Labute approximate surface area is 244 Å². The molecule has 0 radical (unpaired) electrons. The molecule has 15 nitrogen and oxygen atoms in total. The van der Waals surface area contributed by atoms with Crippen molar-refractivity contribution in [2.45, 2.75) is 37.2 Å². The van der Waals surface area contributed by atoms with E-state index in [2.05, 4.69) is 19.9 Å². The van der Waals surface area contributed by atoms with E-state index in [1.165, 1.54) is 6.20 Å². The smallest absolute Gasteiger partial charge is 0.364 e. The number of rotatable bonds is 3. The van der Waals surface area contributed by atoms with Crippen LogP contribution in [0.5, 0.6) is 0 Å². The summed E-state index contributed by atoms with van der Waals surface area (Å²) in [6, 6.07) is 3.45. The topological polar surface area (TPSA) is 187 Å². The molecular weight excluding hydrogens is 608 g/mol. The molecule has 1 amide bonds. The third-order valence-electron chi connectivity index (χ3n) is 8.02. The molecule has 3 N–H and O–H groups in total. The second kappa shape index (κ2) is 11.1. The Hall–Kier alpha value is -2.78. The Bertz CT molecular complexity index is 1740. The van der Waals surface area contributed by atoms with E-state index >= 15 is 0 Å². The van der Waals surface area contributed by atoms with Crippen LogP contribution in [-0.4, -0.2) is 71.7 Å². The minimum Gasteiger partial charge on any atom is -0.364 e. The number of carbonyl (C=O) groups is 1. The van der Waals surface area contributed by atoms with E-state index in [-0.39, 0.29) is 49.7 Å². The number of pyridine rings is 1. The van der Waals surface area contributed by atoms with Crippen LogP contribution >= 0.6 is 15.0 Å². The maximum Gasteiger partial charge on any atom is 0.697 e. The van der Waals surface area contributed by atoms with Gasteiger partial charge in [0, 0.05) is 29.6 Å². The molecular formula is C24H26N7O8P2S+. The zero-order chi connectivity index (χ0) is 29.0. The second-order valence-electron chi connectivity index (χ2n) is 10.4. The SMILES string of the molecule is NC(=O)c1cc([C@@H]2C[C@@H]3COP(O)(=S)O[C@H]4C[C@H](n5cnc6c5ncn5ccnc65)O[C@@H]4CO[P+](=O)OC[C@H]32)ccn1. The number of fused-ring (bicyclic) bond motifs is 5. The predicted octanol–water partition coefficient (Wildman–Crippen LogP) is 2.60. The Kier molecular flexibility index (Phi) is 7.37. The highest BCUT2D eigenvalue weighted by Crippen LogP contribution is 2.54. The van der Waals surface area contributed by atoms with Gasteiger partial charge in [-0.1, -0.05) is 0 Å². The Morgan fingerprint density at radius 1 is 1.07 bits per heavy atom. The van der Waals surface area contributed by atoms with Gasteiger partial charge in [-0.15, -0.1) is 9.05 Å². The standard InChI is InChI=1S/C24H25N7O8P2S/c25-22(32)17-6-13(1-2-26-17)15-5-14-8-37-41(34,42)39-18-7-20(38-19(18)10-36-40(33)35-9-16(14)15)31-12-28-21-23-27-3-4-30(23)11-29-24(21)31/h1-4,6,11-12,14-16,18-20H,5,7-10H2,(H2-,25,32,34,42)/p+1/t14-,15+,16-,18+,19-,20-,41?/m1/s1. The summed E-state index contributed by atoms with van der Waals surface area (Å²) in [5, 5.41) is 0. The molecule has 1 saturated carbocycles.